The largest absolute Gasteiger partial charge is 0.462 e. The summed E-state index contributed by atoms with van der Waals surface area (Å²) in [7, 11) is 0. The van der Waals surface area contributed by atoms with Crippen molar-refractivity contribution in [2.75, 3.05) is 13.2 Å². The molecule has 0 spiro atoms. The molecule has 414 valence electrons. The minimum atomic E-state index is -0.777. The number of carbonyl (C=O) groups excluding carboxylic acids is 3. The Bertz CT molecular complexity index is 1380. The maximum absolute atomic E-state index is 12.8. The average Bonchev–Trinajstić information content (AvgIpc) is 3.38. The first-order valence-corrected chi connectivity index (χ1v) is 30.6. The van der Waals surface area contributed by atoms with Gasteiger partial charge in [0.25, 0.3) is 0 Å². The van der Waals surface area contributed by atoms with Crippen LogP contribution in [0.25, 0.3) is 0 Å². The van der Waals surface area contributed by atoms with Crippen molar-refractivity contribution in [2.24, 2.45) is 0 Å². The third-order valence-electron chi connectivity index (χ3n) is 13.1. The Kier molecular flexibility index (Phi) is 57.3. The van der Waals surface area contributed by atoms with E-state index in [-0.39, 0.29) is 31.1 Å². The van der Waals surface area contributed by atoms with Crippen LogP contribution in [0.2, 0.25) is 0 Å². The molecule has 6 nitrogen and oxygen atoms in total. The molecule has 0 aliphatic rings. The standard InChI is InChI=1S/C66H114O6/c1-4-7-10-13-16-18-20-22-24-26-28-30-32-33-35-36-38-40-42-44-46-48-50-53-56-59-65(68)71-62-63(61-70-64(67)58-55-52-15-12-9-6-3)72-66(69)60-57-54-51-49-47-45-43-41-39-37-34-31-29-27-25-23-21-19-17-14-11-8-5-2/h7,10,16,18,21-24,27-30,33,35,63H,4-6,8-9,11-15,17,19-20,25-26,31-32,34,36-62H2,1-3H3/b10-7-,18-16-,23-21-,24-22-,29-27-,30-28-,35-33-. The molecule has 1 atom stereocenters. The Labute approximate surface area is 445 Å². The van der Waals surface area contributed by atoms with Gasteiger partial charge in [-0.2, -0.15) is 0 Å². The number of hydrogen-bond donors (Lipinski definition) is 0. The van der Waals surface area contributed by atoms with Crippen LogP contribution in [-0.2, 0) is 28.6 Å². The SMILES string of the molecule is CC/C=C\C/C=C\C/C=C\C/C=C\C/C=C\CCCCCCCCCCCC(=O)OCC(COC(=O)CCCCCCCC)OC(=O)CCCCCCCCCCCCC/C=C\C/C=C\CCCCCCC. The minimum absolute atomic E-state index is 0.0780. The van der Waals surface area contributed by atoms with Crippen molar-refractivity contribution in [2.45, 2.75) is 303 Å². The van der Waals surface area contributed by atoms with E-state index in [2.05, 4.69) is 106 Å². The minimum Gasteiger partial charge on any atom is -0.462 e. The van der Waals surface area contributed by atoms with Gasteiger partial charge in [-0.05, 0) is 96.3 Å². The van der Waals surface area contributed by atoms with Gasteiger partial charge in [-0.3, -0.25) is 14.4 Å². The van der Waals surface area contributed by atoms with E-state index >= 15 is 0 Å². The lowest BCUT2D eigenvalue weighted by atomic mass is 10.0. The smallest absolute Gasteiger partial charge is 0.306 e. The van der Waals surface area contributed by atoms with E-state index in [9.17, 15) is 14.4 Å². The van der Waals surface area contributed by atoms with Crippen molar-refractivity contribution in [3.8, 4) is 0 Å². The molecule has 0 heterocycles. The second-order valence-electron chi connectivity index (χ2n) is 20.2. The molecule has 0 rings (SSSR count). The molecular formula is C66H114O6. The van der Waals surface area contributed by atoms with Gasteiger partial charge in [-0.25, -0.2) is 0 Å². The number of esters is 3. The molecule has 0 aromatic heterocycles. The first-order chi connectivity index (χ1) is 35.5. The van der Waals surface area contributed by atoms with Crippen molar-refractivity contribution in [1.82, 2.24) is 0 Å². The van der Waals surface area contributed by atoms with Crippen LogP contribution in [0.4, 0.5) is 0 Å². The summed E-state index contributed by atoms with van der Waals surface area (Å²) in [4.78, 5) is 38.0. The Hall–Kier alpha value is -3.41. The van der Waals surface area contributed by atoms with Crippen LogP contribution in [0.5, 0.6) is 0 Å². The van der Waals surface area contributed by atoms with E-state index in [0.717, 1.165) is 103 Å². The molecule has 0 aromatic carbocycles. The number of allylic oxidation sites excluding steroid dienone is 14. The highest BCUT2D eigenvalue weighted by atomic mass is 16.6. The van der Waals surface area contributed by atoms with Crippen molar-refractivity contribution < 1.29 is 28.6 Å². The molecule has 0 aliphatic heterocycles. The number of rotatable bonds is 55. The fourth-order valence-electron chi connectivity index (χ4n) is 8.56. The first-order valence-electron chi connectivity index (χ1n) is 30.6. The van der Waals surface area contributed by atoms with Gasteiger partial charge in [0.2, 0.25) is 0 Å². The van der Waals surface area contributed by atoms with Crippen LogP contribution in [-0.4, -0.2) is 37.2 Å². The number of carbonyl (C=O) groups is 3. The summed E-state index contributed by atoms with van der Waals surface area (Å²) < 4.78 is 16.8. The van der Waals surface area contributed by atoms with E-state index < -0.39 is 6.10 Å². The van der Waals surface area contributed by atoms with Gasteiger partial charge >= 0.3 is 17.9 Å². The number of hydrogen-bond acceptors (Lipinski definition) is 6. The van der Waals surface area contributed by atoms with E-state index in [0.29, 0.717) is 19.3 Å². The summed E-state index contributed by atoms with van der Waals surface area (Å²) in [5, 5.41) is 0. The molecule has 0 saturated carbocycles. The third kappa shape index (κ3) is 57.5. The van der Waals surface area contributed by atoms with Gasteiger partial charge in [0.15, 0.2) is 6.10 Å². The molecule has 72 heavy (non-hydrogen) atoms. The topological polar surface area (TPSA) is 78.9 Å². The average molecular weight is 1000 g/mol. The highest BCUT2D eigenvalue weighted by molar-refractivity contribution is 5.71. The van der Waals surface area contributed by atoms with Gasteiger partial charge < -0.3 is 14.2 Å². The predicted molar refractivity (Wildman–Crippen MR) is 311 cm³/mol. The molecule has 6 heteroatoms. The van der Waals surface area contributed by atoms with E-state index in [1.54, 1.807) is 0 Å². The fraction of sp³-hybridized carbons (Fsp3) is 0.742. The zero-order valence-corrected chi connectivity index (χ0v) is 47.4. The third-order valence-corrected chi connectivity index (χ3v) is 13.1. The molecular weight excluding hydrogens is 889 g/mol. The molecule has 0 aromatic rings. The molecule has 0 saturated heterocycles. The summed E-state index contributed by atoms with van der Waals surface area (Å²) in [5.74, 6) is -0.888. The molecule has 0 bridgehead atoms. The predicted octanol–water partition coefficient (Wildman–Crippen LogP) is 20.7. The normalized spacial score (nSPS) is 12.7. The lowest BCUT2D eigenvalue weighted by Gasteiger charge is -2.18. The number of unbranched alkanes of at least 4 members (excludes halogenated alkanes) is 30. The highest BCUT2D eigenvalue weighted by Gasteiger charge is 2.19. The lowest BCUT2D eigenvalue weighted by molar-refractivity contribution is -0.167. The second-order valence-corrected chi connectivity index (χ2v) is 20.2. The molecule has 0 aliphatic carbocycles. The number of ether oxygens (including phenoxy) is 3. The maximum Gasteiger partial charge on any atom is 0.306 e. The zero-order chi connectivity index (χ0) is 52.2. The van der Waals surface area contributed by atoms with Gasteiger partial charge in [-0.15, -0.1) is 0 Å². The van der Waals surface area contributed by atoms with E-state index in [4.69, 9.17) is 14.2 Å². The molecule has 0 amide bonds. The summed E-state index contributed by atoms with van der Waals surface area (Å²) in [5.41, 5.74) is 0. The van der Waals surface area contributed by atoms with Crippen LogP contribution in [0.1, 0.15) is 297 Å². The Balaban J connectivity index is 4.13. The van der Waals surface area contributed by atoms with Crippen LogP contribution in [0, 0.1) is 0 Å². The fourth-order valence-corrected chi connectivity index (χ4v) is 8.56. The quantitative estimate of drug-likeness (QED) is 0.0261. The molecule has 0 radical (unpaired) electrons. The molecule has 0 N–H and O–H groups in total. The maximum atomic E-state index is 12.8. The van der Waals surface area contributed by atoms with Crippen molar-refractivity contribution in [3.63, 3.8) is 0 Å². The molecule has 0 fully saturated rings. The van der Waals surface area contributed by atoms with Crippen LogP contribution in [0.15, 0.2) is 85.1 Å². The van der Waals surface area contributed by atoms with Crippen molar-refractivity contribution >= 4 is 17.9 Å². The lowest BCUT2D eigenvalue weighted by Crippen LogP contribution is -2.30. The Morgan fingerprint density at radius 3 is 0.847 bits per heavy atom. The summed E-state index contributed by atoms with van der Waals surface area (Å²) in [6.45, 7) is 6.47. The monoisotopic (exact) mass is 1000 g/mol. The van der Waals surface area contributed by atoms with E-state index in [1.807, 2.05) is 0 Å². The van der Waals surface area contributed by atoms with Gasteiger partial charge in [-0.1, -0.05) is 266 Å². The van der Waals surface area contributed by atoms with Crippen molar-refractivity contribution in [1.29, 1.82) is 0 Å². The van der Waals surface area contributed by atoms with Gasteiger partial charge in [0.05, 0.1) is 0 Å². The summed E-state index contributed by atoms with van der Waals surface area (Å²) >= 11 is 0. The van der Waals surface area contributed by atoms with Crippen LogP contribution in [0.3, 0.4) is 0 Å². The van der Waals surface area contributed by atoms with Gasteiger partial charge in [0, 0.05) is 19.3 Å². The first kappa shape index (κ1) is 68.6. The Morgan fingerprint density at radius 1 is 0.292 bits per heavy atom. The summed E-state index contributed by atoms with van der Waals surface area (Å²) in [6, 6.07) is 0. The Morgan fingerprint density at radius 2 is 0.542 bits per heavy atom. The van der Waals surface area contributed by atoms with Crippen LogP contribution < -0.4 is 0 Å². The van der Waals surface area contributed by atoms with Crippen molar-refractivity contribution in [3.05, 3.63) is 85.1 Å². The highest BCUT2D eigenvalue weighted by Crippen LogP contribution is 2.16. The zero-order valence-electron chi connectivity index (χ0n) is 47.4. The second kappa shape index (κ2) is 60.1. The summed E-state index contributed by atoms with van der Waals surface area (Å²) in [6.07, 6.45) is 79.0. The van der Waals surface area contributed by atoms with Gasteiger partial charge in [0.1, 0.15) is 13.2 Å². The van der Waals surface area contributed by atoms with Crippen LogP contribution >= 0.6 is 0 Å². The molecule has 1 unspecified atom stereocenters. The van der Waals surface area contributed by atoms with E-state index in [1.165, 1.54) is 154 Å².